The van der Waals surface area contributed by atoms with Crippen molar-refractivity contribution in [2.75, 3.05) is 13.2 Å². The Morgan fingerprint density at radius 2 is 2.17 bits per heavy atom. The van der Waals surface area contributed by atoms with Crippen molar-refractivity contribution in [1.29, 1.82) is 0 Å². The molecule has 0 atom stereocenters. The van der Waals surface area contributed by atoms with E-state index < -0.39 is 0 Å². The second-order valence-corrected chi connectivity index (χ2v) is 3.61. The highest BCUT2D eigenvalue weighted by Crippen LogP contribution is 2.19. The van der Waals surface area contributed by atoms with Crippen molar-refractivity contribution in [2.24, 2.45) is 5.11 Å². The summed E-state index contributed by atoms with van der Waals surface area (Å²) in [5.41, 5.74) is 8.21. The molecule has 1 aromatic carbocycles. The Bertz CT molecular complexity index is 644. The van der Waals surface area contributed by atoms with Crippen LogP contribution in [-0.4, -0.2) is 13.2 Å². The molecule has 2 aromatic rings. The predicted octanol–water partition coefficient (Wildman–Crippen LogP) is 2.87. The highest BCUT2D eigenvalue weighted by molar-refractivity contribution is 5.77. The van der Waals surface area contributed by atoms with Gasteiger partial charge in [0, 0.05) is 29.0 Å². The van der Waals surface area contributed by atoms with Gasteiger partial charge in [0.25, 0.3) is 0 Å². The molecule has 0 aliphatic heterocycles. The maximum Gasteiger partial charge on any atom is 0.336 e. The molecule has 1 heterocycles. The summed E-state index contributed by atoms with van der Waals surface area (Å²) in [7, 11) is 0. The van der Waals surface area contributed by atoms with E-state index in [9.17, 15) is 4.79 Å². The van der Waals surface area contributed by atoms with Crippen molar-refractivity contribution in [3.8, 4) is 5.75 Å². The van der Waals surface area contributed by atoms with Gasteiger partial charge < -0.3 is 9.15 Å². The number of rotatable bonds is 5. The third-order valence-electron chi connectivity index (χ3n) is 2.33. The molecular formula is C12H11N3O3. The number of azide groups is 1. The summed E-state index contributed by atoms with van der Waals surface area (Å²) in [5, 5.41) is 4.25. The van der Waals surface area contributed by atoms with Gasteiger partial charge in [0.15, 0.2) is 0 Å². The van der Waals surface area contributed by atoms with Crippen LogP contribution < -0.4 is 10.4 Å². The first-order chi connectivity index (χ1) is 8.79. The molecule has 0 amide bonds. The van der Waals surface area contributed by atoms with Crippen LogP contribution in [0.4, 0.5) is 0 Å². The van der Waals surface area contributed by atoms with E-state index in [1.54, 1.807) is 18.2 Å². The number of hydrogen-bond acceptors (Lipinski definition) is 4. The molecule has 0 aliphatic carbocycles. The summed E-state index contributed by atoms with van der Waals surface area (Å²) in [6, 6.07) is 8.37. The Balaban J connectivity index is 2.05. The third-order valence-corrected chi connectivity index (χ3v) is 2.33. The van der Waals surface area contributed by atoms with Gasteiger partial charge in [-0.2, -0.15) is 0 Å². The van der Waals surface area contributed by atoms with E-state index in [-0.39, 0.29) is 5.63 Å². The molecule has 1 aromatic heterocycles. The van der Waals surface area contributed by atoms with Crippen LogP contribution in [0.15, 0.2) is 44.7 Å². The molecule has 0 unspecified atom stereocenters. The van der Waals surface area contributed by atoms with Crippen LogP contribution in [0.2, 0.25) is 0 Å². The summed E-state index contributed by atoms with van der Waals surface area (Å²) in [6.07, 6.45) is 0.640. The molecule has 0 aliphatic rings. The molecule has 0 fully saturated rings. The Morgan fingerprint density at radius 3 is 3.00 bits per heavy atom. The van der Waals surface area contributed by atoms with Gasteiger partial charge in [-0.3, -0.25) is 0 Å². The minimum absolute atomic E-state index is 0.386. The number of fused-ring (bicyclic) bond motifs is 1. The van der Waals surface area contributed by atoms with Crippen molar-refractivity contribution in [3.05, 3.63) is 51.2 Å². The van der Waals surface area contributed by atoms with Crippen molar-refractivity contribution in [2.45, 2.75) is 6.42 Å². The van der Waals surface area contributed by atoms with Crippen molar-refractivity contribution in [3.63, 3.8) is 0 Å². The first kappa shape index (κ1) is 12.0. The van der Waals surface area contributed by atoms with E-state index >= 15 is 0 Å². The normalized spacial score (nSPS) is 10.0. The van der Waals surface area contributed by atoms with E-state index in [0.29, 0.717) is 30.9 Å². The molecule has 92 valence electrons. The summed E-state index contributed by atoms with van der Waals surface area (Å²) < 4.78 is 10.5. The molecule has 0 bridgehead atoms. The highest BCUT2D eigenvalue weighted by atomic mass is 16.5. The quantitative estimate of drug-likeness (QED) is 0.267. The lowest BCUT2D eigenvalue weighted by Gasteiger charge is -2.05. The highest BCUT2D eigenvalue weighted by Gasteiger charge is 2.00. The van der Waals surface area contributed by atoms with E-state index in [2.05, 4.69) is 10.0 Å². The number of benzene rings is 1. The molecule has 0 N–H and O–H groups in total. The Labute approximate surface area is 102 Å². The number of hydrogen-bond donors (Lipinski definition) is 0. The SMILES string of the molecule is [N-]=[N+]=NCCCOc1ccc2ccc(=O)oc2c1. The van der Waals surface area contributed by atoms with Crippen LogP contribution in [0.3, 0.4) is 0 Å². The van der Waals surface area contributed by atoms with Crippen LogP contribution in [-0.2, 0) is 0 Å². The summed E-state index contributed by atoms with van der Waals surface area (Å²) in [5.74, 6) is 0.623. The fourth-order valence-corrected chi connectivity index (χ4v) is 1.50. The maximum atomic E-state index is 11.1. The average Bonchev–Trinajstić information content (AvgIpc) is 2.38. The second kappa shape index (κ2) is 5.75. The van der Waals surface area contributed by atoms with Crippen LogP contribution in [0.1, 0.15) is 6.42 Å². The first-order valence-electron chi connectivity index (χ1n) is 5.47. The fourth-order valence-electron chi connectivity index (χ4n) is 1.50. The lowest BCUT2D eigenvalue weighted by molar-refractivity contribution is 0.313. The topological polar surface area (TPSA) is 88.2 Å². The predicted molar refractivity (Wildman–Crippen MR) is 66.6 cm³/mol. The van der Waals surface area contributed by atoms with Gasteiger partial charge in [0.1, 0.15) is 11.3 Å². The van der Waals surface area contributed by atoms with E-state index in [4.69, 9.17) is 14.7 Å². The zero-order valence-electron chi connectivity index (χ0n) is 9.57. The van der Waals surface area contributed by atoms with E-state index in [1.807, 2.05) is 6.07 Å². The summed E-state index contributed by atoms with van der Waals surface area (Å²) >= 11 is 0. The Morgan fingerprint density at radius 1 is 1.33 bits per heavy atom. The molecule has 18 heavy (non-hydrogen) atoms. The van der Waals surface area contributed by atoms with Crippen molar-refractivity contribution in [1.82, 2.24) is 0 Å². The van der Waals surface area contributed by atoms with Gasteiger partial charge in [0.2, 0.25) is 0 Å². The molecule has 6 nitrogen and oxygen atoms in total. The largest absolute Gasteiger partial charge is 0.493 e. The van der Waals surface area contributed by atoms with Gasteiger partial charge in [-0.1, -0.05) is 5.11 Å². The molecule has 0 radical (unpaired) electrons. The number of ether oxygens (including phenoxy) is 1. The zero-order chi connectivity index (χ0) is 12.8. The van der Waals surface area contributed by atoms with Crippen LogP contribution in [0, 0.1) is 0 Å². The maximum absolute atomic E-state index is 11.1. The molecule has 0 saturated heterocycles. The van der Waals surface area contributed by atoms with Crippen molar-refractivity contribution >= 4 is 11.0 Å². The molecule has 2 rings (SSSR count). The van der Waals surface area contributed by atoms with Gasteiger partial charge in [-0.15, -0.1) is 0 Å². The minimum Gasteiger partial charge on any atom is -0.493 e. The Kier molecular flexibility index (Phi) is 3.83. The molecule has 6 heteroatoms. The zero-order valence-corrected chi connectivity index (χ0v) is 9.57. The first-order valence-corrected chi connectivity index (χ1v) is 5.47. The van der Waals surface area contributed by atoms with Crippen molar-refractivity contribution < 1.29 is 9.15 Å². The monoisotopic (exact) mass is 245 g/mol. The average molecular weight is 245 g/mol. The molecular weight excluding hydrogens is 234 g/mol. The van der Waals surface area contributed by atoms with E-state index in [1.165, 1.54) is 6.07 Å². The van der Waals surface area contributed by atoms with Gasteiger partial charge in [0.05, 0.1) is 6.61 Å². The smallest absolute Gasteiger partial charge is 0.336 e. The third kappa shape index (κ3) is 3.02. The van der Waals surface area contributed by atoms with Crippen LogP contribution in [0.25, 0.3) is 21.4 Å². The molecule has 0 saturated carbocycles. The fraction of sp³-hybridized carbons (Fsp3) is 0.250. The van der Waals surface area contributed by atoms with Crippen LogP contribution in [0.5, 0.6) is 5.75 Å². The van der Waals surface area contributed by atoms with Gasteiger partial charge in [-0.25, -0.2) is 4.79 Å². The minimum atomic E-state index is -0.386. The van der Waals surface area contributed by atoms with Gasteiger partial charge in [-0.05, 0) is 30.2 Å². The Hall–Kier alpha value is -2.46. The van der Waals surface area contributed by atoms with Gasteiger partial charge >= 0.3 is 5.63 Å². The summed E-state index contributed by atoms with van der Waals surface area (Å²) in [4.78, 5) is 13.7. The lowest BCUT2D eigenvalue weighted by Crippen LogP contribution is -1.99. The second-order valence-electron chi connectivity index (χ2n) is 3.61. The van der Waals surface area contributed by atoms with E-state index in [0.717, 1.165) is 5.39 Å². The lowest BCUT2D eigenvalue weighted by atomic mass is 10.2. The summed E-state index contributed by atoms with van der Waals surface area (Å²) in [6.45, 7) is 0.848. The molecule has 0 spiro atoms. The number of nitrogens with zero attached hydrogens (tertiary/aromatic N) is 3. The van der Waals surface area contributed by atoms with Crippen LogP contribution >= 0.6 is 0 Å². The standard InChI is InChI=1S/C12H11N3O3/c13-15-14-6-1-7-17-10-4-2-9-3-5-12(16)18-11(9)8-10/h2-5,8H,1,6-7H2.